The lowest BCUT2D eigenvalue weighted by atomic mass is 10.1. The van der Waals surface area contributed by atoms with Crippen LogP contribution >= 0.6 is 0 Å². The van der Waals surface area contributed by atoms with Crippen LogP contribution in [0.4, 0.5) is 0 Å². The smallest absolute Gasteiger partial charge is 0.227 e. The van der Waals surface area contributed by atoms with Crippen LogP contribution in [0.2, 0.25) is 0 Å². The van der Waals surface area contributed by atoms with Gasteiger partial charge in [0.05, 0.1) is 11.9 Å². The molecule has 2 aromatic carbocycles. The fraction of sp³-hybridized carbons (Fsp3) is 0.273. The molecule has 1 saturated carbocycles. The van der Waals surface area contributed by atoms with E-state index >= 15 is 0 Å². The lowest BCUT2D eigenvalue weighted by molar-refractivity contribution is -0.131. The molecule has 0 unspecified atom stereocenters. The number of para-hydroxylation sites is 1. The van der Waals surface area contributed by atoms with Crippen molar-refractivity contribution in [1.82, 2.24) is 9.88 Å². The van der Waals surface area contributed by atoms with E-state index in [0.29, 0.717) is 19.0 Å². The summed E-state index contributed by atoms with van der Waals surface area (Å²) < 4.78 is 0. The van der Waals surface area contributed by atoms with Crippen LogP contribution in [0.5, 0.6) is 0 Å². The Morgan fingerprint density at radius 1 is 1.12 bits per heavy atom. The summed E-state index contributed by atoms with van der Waals surface area (Å²) in [5, 5.41) is 1.09. The largest absolute Gasteiger partial charge is 0.335 e. The predicted molar refractivity (Wildman–Crippen MR) is 100 cm³/mol. The molecule has 3 nitrogen and oxygen atoms in total. The van der Waals surface area contributed by atoms with Gasteiger partial charge in [-0.25, -0.2) is 0 Å². The van der Waals surface area contributed by atoms with E-state index in [2.05, 4.69) is 41.1 Å². The topological polar surface area (TPSA) is 33.2 Å². The molecule has 1 amide bonds. The highest BCUT2D eigenvalue weighted by atomic mass is 16.2. The van der Waals surface area contributed by atoms with Crippen molar-refractivity contribution < 1.29 is 4.79 Å². The summed E-state index contributed by atoms with van der Waals surface area (Å²) in [4.78, 5) is 19.6. The molecule has 1 aliphatic carbocycles. The number of aryl methyl sites for hydroxylation is 1. The van der Waals surface area contributed by atoms with Crippen molar-refractivity contribution in [3.8, 4) is 0 Å². The first kappa shape index (κ1) is 15.8. The summed E-state index contributed by atoms with van der Waals surface area (Å²) in [5.74, 6) is 0.196. The normalized spacial score (nSPS) is 13.8. The van der Waals surface area contributed by atoms with E-state index in [-0.39, 0.29) is 5.91 Å². The van der Waals surface area contributed by atoms with Crippen molar-refractivity contribution in [3.63, 3.8) is 0 Å². The van der Waals surface area contributed by atoms with Crippen LogP contribution in [-0.4, -0.2) is 21.8 Å². The minimum atomic E-state index is 0.196. The Labute approximate surface area is 148 Å². The number of pyridine rings is 1. The summed E-state index contributed by atoms with van der Waals surface area (Å²) >= 11 is 0. The average Bonchev–Trinajstić information content (AvgIpc) is 3.45. The standard InChI is InChI=1S/C22H22N2O/c1-16-5-2-6-17(13-16)15-24(20-10-11-20)21(25)14-19-8-3-7-18-9-4-12-23-22(18)19/h2-9,12-13,20H,10-11,14-15H2,1H3. The van der Waals surface area contributed by atoms with Crippen LogP contribution in [-0.2, 0) is 17.8 Å². The average molecular weight is 330 g/mol. The second-order valence-corrected chi connectivity index (χ2v) is 6.91. The molecule has 0 bridgehead atoms. The zero-order valence-corrected chi connectivity index (χ0v) is 14.5. The first-order chi connectivity index (χ1) is 12.2. The molecule has 0 atom stereocenters. The predicted octanol–water partition coefficient (Wildman–Crippen LogP) is 4.28. The molecule has 0 spiro atoms. The number of amides is 1. The molecule has 25 heavy (non-hydrogen) atoms. The summed E-state index contributed by atoms with van der Waals surface area (Å²) in [6, 6.07) is 18.9. The molecule has 1 heterocycles. The minimum absolute atomic E-state index is 0.196. The Morgan fingerprint density at radius 2 is 1.92 bits per heavy atom. The number of hydrogen-bond donors (Lipinski definition) is 0. The molecule has 1 aromatic heterocycles. The second-order valence-electron chi connectivity index (χ2n) is 6.91. The monoisotopic (exact) mass is 330 g/mol. The van der Waals surface area contributed by atoms with E-state index in [1.807, 2.05) is 30.3 Å². The fourth-order valence-corrected chi connectivity index (χ4v) is 3.39. The third kappa shape index (κ3) is 3.55. The van der Waals surface area contributed by atoms with Gasteiger partial charge in [-0.3, -0.25) is 9.78 Å². The SMILES string of the molecule is Cc1cccc(CN(C(=O)Cc2cccc3cccnc23)C2CC2)c1. The van der Waals surface area contributed by atoms with Gasteiger partial charge in [-0.05, 0) is 37.0 Å². The maximum Gasteiger partial charge on any atom is 0.227 e. The highest BCUT2D eigenvalue weighted by molar-refractivity contribution is 5.87. The number of nitrogens with zero attached hydrogens (tertiary/aromatic N) is 2. The van der Waals surface area contributed by atoms with E-state index in [0.717, 1.165) is 29.3 Å². The van der Waals surface area contributed by atoms with Crippen molar-refractivity contribution in [2.45, 2.75) is 38.8 Å². The third-order valence-corrected chi connectivity index (χ3v) is 4.80. The first-order valence-corrected chi connectivity index (χ1v) is 8.88. The zero-order valence-electron chi connectivity index (χ0n) is 14.5. The zero-order chi connectivity index (χ0) is 17.2. The Kier molecular flexibility index (Phi) is 4.22. The Morgan fingerprint density at radius 3 is 2.72 bits per heavy atom. The highest BCUT2D eigenvalue weighted by Crippen LogP contribution is 2.29. The summed E-state index contributed by atoms with van der Waals surface area (Å²) in [6.45, 7) is 2.79. The fourth-order valence-electron chi connectivity index (χ4n) is 3.39. The van der Waals surface area contributed by atoms with Gasteiger partial charge in [0.2, 0.25) is 5.91 Å². The molecule has 0 N–H and O–H groups in total. The molecule has 1 aliphatic rings. The number of rotatable bonds is 5. The number of hydrogen-bond acceptors (Lipinski definition) is 2. The molecule has 0 saturated heterocycles. The van der Waals surface area contributed by atoms with E-state index in [1.165, 1.54) is 11.1 Å². The number of carbonyl (C=O) groups is 1. The molecule has 4 rings (SSSR count). The van der Waals surface area contributed by atoms with Gasteiger partial charge in [0.25, 0.3) is 0 Å². The summed E-state index contributed by atoms with van der Waals surface area (Å²) in [7, 11) is 0. The molecule has 3 heteroatoms. The van der Waals surface area contributed by atoms with Gasteiger partial charge in [0.1, 0.15) is 0 Å². The van der Waals surface area contributed by atoms with Gasteiger partial charge >= 0.3 is 0 Å². The Balaban J connectivity index is 1.57. The van der Waals surface area contributed by atoms with Crippen LogP contribution in [0.1, 0.15) is 29.5 Å². The van der Waals surface area contributed by atoms with Crippen molar-refractivity contribution in [1.29, 1.82) is 0 Å². The van der Waals surface area contributed by atoms with Crippen LogP contribution in [0.3, 0.4) is 0 Å². The lowest BCUT2D eigenvalue weighted by Gasteiger charge is -2.23. The number of carbonyl (C=O) groups excluding carboxylic acids is 1. The molecule has 0 radical (unpaired) electrons. The van der Waals surface area contributed by atoms with Gasteiger partial charge in [-0.2, -0.15) is 0 Å². The van der Waals surface area contributed by atoms with Crippen molar-refractivity contribution in [3.05, 3.63) is 77.5 Å². The Hall–Kier alpha value is -2.68. The van der Waals surface area contributed by atoms with Gasteiger partial charge in [0, 0.05) is 24.2 Å². The highest BCUT2D eigenvalue weighted by Gasteiger charge is 2.32. The van der Waals surface area contributed by atoms with Crippen LogP contribution < -0.4 is 0 Å². The van der Waals surface area contributed by atoms with Gasteiger partial charge in [-0.1, -0.05) is 54.1 Å². The first-order valence-electron chi connectivity index (χ1n) is 8.88. The minimum Gasteiger partial charge on any atom is -0.335 e. The van der Waals surface area contributed by atoms with E-state index < -0.39 is 0 Å². The van der Waals surface area contributed by atoms with Crippen LogP contribution in [0.25, 0.3) is 10.9 Å². The lowest BCUT2D eigenvalue weighted by Crippen LogP contribution is -2.33. The quantitative estimate of drug-likeness (QED) is 0.700. The molecule has 126 valence electrons. The van der Waals surface area contributed by atoms with Gasteiger partial charge < -0.3 is 4.90 Å². The molecule has 3 aromatic rings. The summed E-state index contributed by atoms with van der Waals surface area (Å²) in [5.41, 5.74) is 4.39. The van der Waals surface area contributed by atoms with Gasteiger partial charge in [-0.15, -0.1) is 0 Å². The van der Waals surface area contributed by atoms with E-state index in [4.69, 9.17) is 0 Å². The van der Waals surface area contributed by atoms with Gasteiger partial charge in [0.15, 0.2) is 0 Å². The van der Waals surface area contributed by atoms with E-state index in [1.54, 1.807) is 6.20 Å². The number of benzene rings is 2. The van der Waals surface area contributed by atoms with E-state index in [9.17, 15) is 4.79 Å². The number of fused-ring (bicyclic) bond motifs is 1. The maximum atomic E-state index is 13.0. The molecular formula is C22H22N2O. The maximum absolute atomic E-state index is 13.0. The second kappa shape index (κ2) is 6.67. The summed E-state index contributed by atoms with van der Waals surface area (Å²) in [6.07, 6.45) is 4.44. The Bertz CT molecular complexity index is 909. The van der Waals surface area contributed by atoms with Crippen molar-refractivity contribution in [2.24, 2.45) is 0 Å². The van der Waals surface area contributed by atoms with Crippen molar-refractivity contribution >= 4 is 16.8 Å². The van der Waals surface area contributed by atoms with Crippen LogP contribution in [0, 0.1) is 6.92 Å². The number of aromatic nitrogens is 1. The third-order valence-electron chi connectivity index (χ3n) is 4.80. The molecule has 0 aliphatic heterocycles. The molecular weight excluding hydrogens is 308 g/mol. The van der Waals surface area contributed by atoms with Crippen LogP contribution in [0.15, 0.2) is 60.8 Å². The van der Waals surface area contributed by atoms with Crippen molar-refractivity contribution in [2.75, 3.05) is 0 Å². The molecule has 1 fully saturated rings.